The molecule has 488 valence electrons. The van der Waals surface area contributed by atoms with Gasteiger partial charge in [-0.2, -0.15) is 0 Å². The number of nitrogens with zero attached hydrogens (tertiary/aromatic N) is 10. The van der Waals surface area contributed by atoms with Crippen LogP contribution in [-0.2, 0) is 19.1 Å². The highest BCUT2D eigenvalue weighted by Crippen LogP contribution is 2.44. The van der Waals surface area contributed by atoms with E-state index in [2.05, 4.69) is 257 Å². The molecular formula is C67H126N14O4. The van der Waals surface area contributed by atoms with Crippen LogP contribution < -0.4 is 21.5 Å². The molecule has 0 bridgehead atoms. The van der Waals surface area contributed by atoms with Gasteiger partial charge in [-0.25, -0.2) is 20.5 Å². The van der Waals surface area contributed by atoms with Gasteiger partial charge in [-0.3, -0.25) is 19.6 Å². The summed E-state index contributed by atoms with van der Waals surface area (Å²) in [6.07, 6.45) is 15.7. The molecule has 6 saturated heterocycles. The van der Waals surface area contributed by atoms with Crippen LogP contribution in [0, 0.1) is 0 Å². The molecule has 0 aromatic heterocycles. The van der Waals surface area contributed by atoms with Gasteiger partial charge >= 0.3 is 0 Å². The topological polar surface area (TPSA) is 136 Å². The van der Waals surface area contributed by atoms with Crippen molar-refractivity contribution in [3.8, 4) is 0 Å². The predicted octanol–water partition coefficient (Wildman–Crippen LogP) is 11.1. The van der Waals surface area contributed by atoms with E-state index in [0.29, 0.717) is 11.8 Å². The van der Waals surface area contributed by atoms with E-state index in [0.717, 1.165) is 108 Å². The van der Waals surface area contributed by atoms with Crippen molar-refractivity contribution in [3.05, 3.63) is 23.9 Å². The van der Waals surface area contributed by atoms with Gasteiger partial charge in [0.05, 0.1) is 12.2 Å². The first-order chi connectivity index (χ1) is 38.5. The first-order valence-corrected chi connectivity index (χ1v) is 33.0. The van der Waals surface area contributed by atoms with E-state index in [-0.39, 0.29) is 103 Å². The van der Waals surface area contributed by atoms with Gasteiger partial charge in [0, 0.05) is 129 Å². The molecule has 4 N–H and O–H groups in total. The molecule has 0 saturated carbocycles. The van der Waals surface area contributed by atoms with Crippen LogP contribution in [0.15, 0.2) is 34.1 Å². The van der Waals surface area contributed by atoms with E-state index in [9.17, 15) is 0 Å². The zero-order valence-corrected chi connectivity index (χ0v) is 59.3. The fourth-order valence-electron chi connectivity index (χ4n) is 17.7. The minimum atomic E-state index is -0.126. The maximum Gasteiger partial charge on any atom is 0.239 e. The number of amidine groups is 1. The molecule has 8 rings (SSSR count). The molecule has 85 heavy (non-hydrogen) atoms. The summed E-state index contributed by atoms with van der Waals surface area (Å²) in [7, 11) is 9.01. The van der Waals surface area contributed by atoms with Gasteiger partial charge in [-0.1, -0.05) is 15.7 Å². The number of hydrazine groups is 2. The number of nitrogens with one attached hydrogen (secondary N) is 4. The van der Waals surface area contributed by atoms with Gasteiger partial charge in [0.25, 0.3) is 0 Å². The van der Waals surface area contributed by atoms with Crippen LogP contribution in [0.25, 0.3) is 0 Å². The molecule has 0 spiro atoms. The average molecular weight is 1190 g/mol. The van der Waals surface area contributed by atoms with Crippen LogP contribution >= 0.6 is 0 Å². The lowest BCUT2D eigenvalue weighted by atomic mass is 9.78. The van der Waals surface area contributed by atoms with Crippen molar-refractivity contribution in [1.29, 1.82) is 0 Å². The Kier molecular flexibility index (Phi) is 18.3. The lowest BCUT2D eigenvalue weighted by molar-refractivity contribution is -0.259. The standard InChI is InChI=1S/C67H126N14O4/c1-56(2)34-46(35-57(3,4)72-56)78(52-32-54(82-48-38-60(9,10)74(25)61(11,12)39-48)70-80(68-52)84-50-42-64(17,18)76(27)65(19,20)43-50)30-29-31-79(47-36-58(5,6)73-59(7,8)37-47)53-33-55(83-49-40-62(13,14)75(26)63(15,16)41-49)71-81(69-53)85-51-44-66(21,22)77(28)67(23,24)45-51/h32-33,46-51,68,71-73H,29-31,34-45H2,1-28H3. The van der Waals surface area contributed by atoms with Crippen molar-refractivity contribution in [2.75, 3.05) is 41.3 Å². The number of hydrazone groups is 2. The molecule has 0 aliphatic carbocycles. The summed E-state index contributed by atoms with van der Waals surface area (Å²) < 4.78 is 14.5. The van der Waals surface area contributed by atoms with Crippen molar-refractivity contribution in [1.82, 2.24) is 61.4 Å². The number of rotatable bonds is 14. The maximum atomic E-state index is 7.24. The summed E-state index contributed by atoms with van der Waals surface area (Å²) in [6.45, 7) is 57.7. The van der Waals surface area contributed by atoms with Crippen LogP contribution in [0.1, 0.15) is 250 Å². The molecule has 8 aliphatic rings. The van der Waals surface area contributed by atoms with E-state index >= 15 is 0 Å². The largest absolute Gasteiger partial charge is 0.474 e. The zero-order chi connectivity index (χ0) is 63.5. The minimum Gasteiger partial charge on any atom is -0.474 e. The Hall–Kier alpha value is -3.10. The number of piperidine rings is 6. The fraction of sp³-hybridized carbons (Fsp3) is 0.910. The highest BCUT2D eigenvalue weighted by atomic mass is 16.8. The number of ether oxygens (including phenoxy) is 2. The lowest BCUT2D eigenvalue weighted by Crippen LogP contribution is -2.64. The molecule has 18 nitrogen and oxygen atoms in total. The fourth-order valence-corrected chi connectivity index (χ4v) is 17.7. The molecule has 0 aromatic carbocycles. The molecule has 0 atom stereocenters. The van der Waals surface area contributed by atoms with E-state index < -0.39 is 0 Å². The number of hydrogen-bond acceptors (Lipinski definition) is 18. The molecular weight excluding hydrogens is 1060 g/mol. The van der Waals surface area contributed by atoms with Crippen molar-refractivity contribution in [2.45, 2.75) is 353 Å². The number of likely N-dealkylation sites (tertiary alicyclic amines) is 4. The second kappa shape index (κ2) is 23.0. The Morgan fingerprint density at radius 2 is 0.718 bits per heavy atom. The monoisotopic (exact) mass is 1190 g/mol. The van der Waals surface area contributed by atoms with Gasteiger partial charge in [0.1, 0.15) is 18.0 Å². The van der Waals surface area contributed by atoms with Crippen LogP contribution in [0.2, 0.25) is 0 Å². The molecule has 0 unspecified atom stereocenters. The smallest absolute Gasteiger partial charge is 0.239 e. The summed E-state index contributed by atoms with van der Waals surface area (Å²) >= 11 is 0. The molecule has 0 radical (unpaired) electrons. The Morgan fingerprint density at radius 1 is 0.400 bits per heavy atom. The Balaban J connectivity index is 1.18. The summed E-state index contributed by atoms with van der Waals surface area (Å²) in [5, 5.41) is 22.1. The van der Waals surface area contributed by atoms with Crippen LogP contribution in [0.3, 0.4) is 0 Å². The molecule has 18 heteroatoms. The Morgan fingerprint density at radius 3 is 1.09 bits per heavy atom. The normalized spacial score (nSPS) is 29.8. The number of hydrogen-bond donors (Lipinski definition) is 4. The van der Waals surface area contributed by atoms with Gasteiger partial charge in [0.2, 0.25) is 11.8 Å². The van der Waals surface area contributed by atoms with E-state index in [4.69, 9.17) is 29.4 Å². The van der Waals surface area contributed by atoms with E-state index in [1.54, 1.807) is 10.6 Å². The van der Waals surface area contributed by atoms with Crippen molar-refractivity contribution >= 4 is 11.7 Å². The van der Waals surface area contributed by atoms with Crippen molar-refractivity contribution in [3.63, 3.8) is 0 Å². The first kappa shape index (κ1) is 67.8. The molecule has 8 heterocycles. The summed E-state index contributed by atoms with van der Waals surface area (Å²) in [5.74, 6) is 3.05. The zero-order valence-electron chi connectivity index (χ0n) is 59.3. The van der Waals surface area contributed by atoms with Crippen LogP contribution in [-0.4, -0.2) is 196 Å². The van der Waals surface area contributed by atoms with Gasteiger partial charge in [-0.05, 0) is 252 Å². The van der Waals surface area contributed by atoms with E-state index in [1.807, 2.05) is 0 Å². The third-order valence-electron chi connectivity index (χ3n) is 22.1. The second-order valence-corrected chi connectivity index (χ2v) is 35.7. The SMILES string of the molecule is CN1C(C)(C)CC(OC2=CC(N(CCCN(C3=CC(OC4CC(C)(C)N(C)C(C)(C)C4)=NN(OC4CC(C)(C)N(C)C(C)(C)C4)N3)C3CC(C)(C)NC(C)(C)C3)C3CC(C)(C)NC(C)(C)C3)=NN(OC3CC(C)(C)N(C)C(C)(C)C3)N2)CC1(C)C. The summed E-state index contributed by atoms with van der Waals surface area (Å²) in [5.41, 5.74) is 6.33. The van der Waals surface area contributed by atoms with Crippen LogP contribution in [0.4, 0.5) is 0 Å². The Bertz CT molecular complexity index is 2400. The average Bonchev–Trinajstić information content (AvgIpc) is 1.94. The minimum absolute atomic E-state index is 0.0216. The Labute approximate surface area is 518 Å². The summed E-state index contributed by atoms with van der Waals surface area (Å²) in [4.78, 5) is 29.5. The highest BCUT2D eigenvalue weighted by molar-refractivity contribution is 5.93. The van der Waals surface area contributed by atoms with E-state index in [1.165, 1.54) is 0 Å². The van der Waals surface area contributed by atoms with Gasteiger partial charge < -0.3 is 29.9 Å². The second-order valence-electron chi connectivity index (χ2n) is 35.7. The highest BCUT2D eigenvalue weighted by Gasteiger charge is 2.50. The van der Waals surface area contributed by atoms with Gasteiger partial charge in [-0.15, -0.1) is 5.10 Å². The van der Waals surface area contributed by atoms with Crippen molar-refractivity contribution in [2.24, 2.45) is 10.2 Å². The maximum absolute atomic E-state index is 7.24. The quantitative estimate of drug-likeness (QED) is 0.131. The van der Waals surface area contributed by atoms with Gasteiger partial charge in [0.15, 0.2) is 5.84 Å². The first-order valence-electron chi connectivity index (χ1n) is 33.0. The molecule has 0 amide bonds. The van der Waals surface area contributed by atoms with Crippen molar-refractivity contribution < 1.29 is 19.1 Å². The lowest BCUT2D eigenvalue weighted by Gasteiger charge is -2.54. The summed E-state index contributed by atoms with van der Waals surface area (Å²) in [6, 6.07) is 0.328. The third-order valence-corrected chi connectivity index (χ3v) is 22.1. The predicted molar refractivity (Wildman–Crippen MR) is 348 cm³/mol. The molecule has 0 aromatic rings. The molecule has 8 aliphatic heterocycles. The molecule has 6 fully saturated rings. The van der Waals surface area contributed by atoms with Crippen LogP contribution in [0.5, 0.6) is 0 Å². The third kappa shape index (κ3) is 15.7.